The quantitative estimate of drug-likeness (QED) is 0.802. The number of rotatable bonds is 3. The molecule has 0 heterocycles. The van der Waals surface area contributed by atoms with E-state index in [0.29, 0.717) is 0 Å². The molecule has 0 aromatic heterocycles. The first kappa shape index (κ1) is 14.0. The van der Waals surface area contributed by atoms with Crippen LogP contribution >= 0.6 is 0 Å². The van der Waals surface area contributed by atoms with E-state index in [4.69, 9.17) is 9.84 Å². The van der Waals surface area contributed by atoms with Gasteiger partial charge in [0.2, 0.25) is 0 Å². The van der Waals surface area contributed by atoms with Crippen LogP contribution in [0.1, 0.15) is 31.1 Å². The van der Waals surface area contributed by atoms with Gasteiger partial charge in [0.05, 0.1) is 0 Å². The molecule has 0 saturated carbocycles. The van der Waals surface area contributed by atoms with E-state index < -0.39 is 11.4 Å². The number of phenols is 2. The lowest BCUT2D eigenvalue weighted by Crippen LogP contribution is -2.26. The number of aromatic hydroxyl groups is 2. The number of hydrogen-bond acceptors (Lipinski definition) is 5. The Morgan fingerprint density at radius 3 is 2.33 bits per heavy atom. The first-order chi connectivity index (χ1) is 8.21. The van der Waals surface area contributed by atoms with Crippen LogP contribution in [-0.2, 0) is 9.53 Å². The molecule has 0 aliphatic rings. The first-order valence-corrected chi connectivity index (χ1v) is 5.44. The Hall–Kier alpha value is -2.04. The molecule has 0 aliphatic carbocycles. The van der Waals surface area contributed by atoms with Gasteiger partial charge < -0.3 is 14.9 Å². The van der Waals surface area contributed by atoms with Crippen molar-refractivity contribution < 1.29 is 24.5 Å². The molecule has 2 N–H and O–H groups in total. The van der Waals surface area contributed by atoms with E-state index in [1.807, 2.05) is 0 Å². The molecule has 0 spiro atoms. The van der Waals surface area contributed by atoms with Crippen molar-refractivity contribution in [3.63, 3.8) is 0 Å². The second-order valence-electron chi connectivity index (χ2n) is 4.95. The van der Waals surface area contributed by atoms with Crippen LogP contribution in [0.2, 0.25) is 0 Å². The Morgan fingerprint density at radius 2 is 1.83 bits per heavy atom. The predicted molar refractivity (Wildman–Crippen MR) is 64.5 cm³/mol. The summed E-state index contributed by atoms with van der Waals surface area (Å²) in [4.78, 5) is 23.2. The van der Waals surface area contributed by atoms with Crippen LogP contribution in [0.25, 0.3) is 0 Å². The summed E-state index contributed by atoms with van der Waals surface area (Å²) in [5.41, 5.74) is -0.674. The zero-order valence-corrected chi connectivity index (χ0v) is 10.6. The van der Waals surface area contributed by atoms with E-state index >= 15 is 0 Å². The van der Waals surface area contributed by atoms with Crippen molar-refractivity contribution in [2.24, 2.45) is 5.41 Å². The minimum atomic E-state index is -0.801. The molecule has 0 atom stereocenters. The SMILES string of the molecule is CC(C)(C)C(=O)COC(=O)c1ccc(O)cc1O. The molecule has 0 fully saturated rings. The van der Waals surface area contributed by atoms with Crippen molar-refractivity contribution >= 4 is 11.8 Å². The van der Waals surface area contributed by atoms with E-state index in [2.05, 4.69) is 0 Å². The highest BCUT2D eigenvalue weighted by atomic mass is 16.5. The van der Waals surface area contributed by atoms with Crippen LogP contribution in [0.3, 0.4) is 0 Å². The second-order valence-corrected chi connectivity index (χ2v) is 4.95. The van der Waals surface area contributed by atoms with E-state index in [-0.39, 0.29) is 29.5 Å². The number of phenolic OH excluding ortho intramolecular Hbond substituents is 2. The molecule has 1 aromatic carbocycles. The number of ether oxygens (including phenoxy) is 1. The topological polar surface area (TPSA) is 83.8 Å². The van der Waals surface area contributed by atoms with Crippen LogP contribution in [0.4, 0.5) is 0 Å². The van der Waals surface area contributed by atoms with Gasteiger partial charge in [-0.15, -0.1) is 0 Å². The molecule has 1 aromatic rings. The largest absolute Gasteiger partial charge is 0.508 e. The van der Waals surface area contributed by atoms with Gasteiger partial charge in [0, 0.05) is 11.5 Å². The van der Waals surface area contributed by atoms with E-state index in [0.717, 1.165) is 6.07 Å². The fraction of sp³-hybridized carbons (Fsp3) is 0.385. The summed E-state index contributed by atoms with van der Waals surface area (Å²) in [7, 11) is 0. The molecule has 0 radical (unpaired) electrons. The lowest BCUT2D eigenvalue weighted by molar-refractivity contribution is -0.129. The number of esters is 1. The predicted octanol–water partition coefficient (Wildman–Crippen LogP) is 1.87. The summed E-state index contributed by atoms with van der Waals surface area (Å²) in [5.74, 6) is -1.56. The number of Topliss-reactive ketones (excluding diaryl/α,β-unsaturated/α-hetero) is 1. The minimum absolute atomic E-state index is 0.0884. The number of benzene rings is 1. The maximum atomic E-state index is 11.6. The summed E-state index contributed by atoms with van der Waals surface area (Å²) in [6, 6.07) is 3.51. The third-order valence-corrected chi connectivity index (χ3v) is 2.37. The summed E-state index contributed by atoms with van der Waals surface area (Å²) in [6.07, 6.45) is 0. The normalized spacial score (nSPS) is 11.1. The van der Waals surface area contributed by atoms with Crippen molar-refractivity contribution in [3.05, 3.63) is 23.8 Å². The third-order valence-electron chi connectivity index (χ3n) is 2.37. The number of ketones is 1. The zero-order valence-electron chi connectivity index (χ0n) is 10.6. The number of carbonyl (C=O) groups excluding carboxylic acids is 2. The lowest BCUT2D eigenvalue weighted by Gasteiger charge is -2.16. The average Bonchev–Trinajstić information content (AvgIpc) is 2.24. The first-order valence-electron chi connectivity index (χ1n) is 5.44. The van der Waals surface area contributed by atoms with Crippen LogP contribution in [0.15, 0.2) is 18.2 Å². The van der Waals surface area contributed by atoms with Gasteiger partial charge in [0.1, 0.15) is 17.1 Å². The molecule has 0 unspecified atom stereocenters. The molecule has 5 heteroatoms. The Morgan fingerprint density at radius 1 is 1.22 bits per heavy atom. The van der Waals surface area contributed by atoms with Crippen LogP contribution in [0.5, 0.6) is 11.5 Å². The Labute approximate surface area is 105 Å². The van der Waals surface area contributed by atoms with Crippen molar-refractivity contribution in [1.82, 2.24) is 0 Å². The molecule has 1 rings (SSSR count). The molecule has 18 heavy (non-hydrogen) atoms. The molecule has 5 nitrogen and oxygen atoms in total. The summed E-state index contributed by atoms with van der Waals surface area (Å²) >= 11 is 0. The monoisotopic (exact) mass is 252 g/mol. The number of hydrogen-bond donors (Lipinski definition) is 2. The second kappa shape index (κ2) is 5.08. The highest BCUT2D eigenvalue weighted by Crippen LogP contribution is 2.23. The summed E-state index contributed by atoms with van der Waals surface area (Å²) in [5, 5.41) is 18.5. The van der Waals surface area contributed by atoms with Crippen LogP contribution < -0.4 is 0 Å². The Bertz CT molecular complexity index is 471. The lowest BCUT2D eigenvalue weighted by atomic mass is 9.91. The van der Waals surface area contributed by atoms with Crippen molar-refractivity contribution in [1.29, 1.82) is 0 Å². The summed E-state index contributed by atoms with van der Waals surface area (Å²) in [6.45, 7) is 4.83. The van der Waals surface area contributed by atoms with Gasteiger partial charge in [-0.05, 0) is 12.1 Å². The Balaban J connectivity index is 2.70. The zero-order chi connectivity index (χ0) is 13.9. The fourth-order valence-corrected chi connectivity index (χ4v) is 1.12. The van der Waals surface area contributed by atoms with Gasteiger partial charge in [-0.1, -0.05) is 20.8 Å². The Kier molecular flexibility index (Phi) is 3.96. The van der Waals surface area contributed by atoms with E-state index in [9.17, 15) is 14.7 Å². The smallest absolute Gasteiger partial charge is 0.342 e. The van der Waals surface area contributed by atoms with Crippen molar-refractivity contribution in [2.45, 2.75) is 20.8 Å². The number of carbonyl (C=O) groups is 2. The van der Waals surface area contributed by atoms with Crippen molar-refractivity contribution in [2.75, 3.05) is 6.61 Å². The maximum Gasteiger partial charge on any atom is 0.342 e. The maximum absolute atomic E-state index is 11.6. The molecule has 0 aliphatic heterocycles. The minimum Gasteiger partial charge on any atom is -0.508 e. The van der Waals surface area contributed by atoms with Crippen LogP contribution in [-0.4, -0.2) is 28.6 Å². The highest BCUT2D eigenvalue weighted by molar-refractivity contribution is 5.94. The molecular formula is C13H16O5. The van der Waals surface area contributed by atoms with Gasteiger partial charge in [0.25, 0.3) is 0 Å². The van der Waals surface area contributed by atoms with E-state index in [1.165, 1.54) is 12.1 Å². The molecule has 0 saturated heterocycles. The molecular weight excluding hydrogens is 236 g/mol. The average molecular weight is 252 g/mol. The third kappa shape index (κ3) is 3.48. The molecule has 0 amide bonds. The van der Waals surface area contributed by atoms with Crippen molar-refractivity contribution in [3.8, 4) is 11.5 Å². The van der Waals surface area contributed by atoms with Gasteiger partial charge in [-0.25, -0.2) is 4.79 Å². The van der Waals surface area contributed by atoms with Gasteiger partial charge in [-0.2, -0.15) is 0 Å². The summed E-state index contributed by atoms with van der Waals surface area (Å²) < 4.78 is 4.81. The van der Waals surface area contributed by atoms with Gasteiger partial charge in [0.15, 0.2) is 12.4 Å². The molecule has 98 valence electrons. The van der Waals surface area contributed by atoms with Gasteiger partial charge in [-0.3, -0.25) is 4.79 Å². The highest BCUT2D eigenvalue weighted by Gasteiger charge is 2.23. The fourth-order valence-electron chi connectivity index (χ4n) is 1.12. The van der Waals surface area contributed by atoms with Gasteiger partial charge >= 0.3 is 5.97 Å². The van der Waals surface area contributed by atoms with E-state index in [1.54, 1.807) is 20.8 Å². The standard InChI is InChI=1S/C13H16O5/c1-13(2,3)11(16)7-18-12(17)9-5-4-8(14)6-10(9)15/h4-6,14-15H,7H2,1-3H3. The van der Waals surface area contributed by atoms with Crippen LogP contribution in [0, 0.1) is 5.41 Å². The molecule has 0 bridgehead atoms.